The van der Waals surface area contributed by atoms with Crippen LogP contribution in [0.2, 0.25) is 0 Å². The molecule has 0 radical (unpaired) electrons. The van der Waals surface area contributed by atoms with Crippen LogP contribution in [0.15, 0.2) is 72.8 Å². The van der Waals surface area contributed by atoms with Crippen molar-refractivity contribution in [2.24, 2.45) is 0 Å². The molecule has 3 rings (SSSR count). The molecule has 3 aromatic carbocycles. The van der Waals surface area contributed by atoms with Gasteiger partial charge in [0.15, 0.2) is 11.5 Å². The third-order valence-corrected chi connectivity index (χ3v) is 4.66. The molecule has 0 fully saturated rings. The Morgan fingerprint density at radius 2 is 1.36 bits per heavy atom. The van der Waals surface area contributed by atoms with Gasteiger partial charge in [-0.25, -0.2) is 0 Å². The highest BCUT2D eigenvalue weighted by Gasteiger charge is 2.13. The van der Waals surface area contributed by atoms with E-state index in [2.05, 4.69) is 6.92 Å². The standard InChI is InChI=1S/C25H28O3/c1-2-3-6-15-22-16-23(27-18-20-11-7-4-8-12-20)17-24(25(22)26)28-19-21-13-9-5-10-14-21/h4-5,7-14,16-17,26H,2-3,6,15,18-19H2,1H3. The van der Waals surface area contributed by atoms with E-state index < -0.39 is 0 Å². The molecule has 1 N–H and O–H groups in total. The molecule has 3 aromatic rings. The Bertz CT molecular complexity index is 844. The fourth-order valence-electron chi connectivity index (χ4n) is 3.06. The lowest BCUT2D eigenvalue weighted by Crippen LogP contribution is -2.00. The zero-order valence-electron chi connectivity index (χ0n) is 16.4. The molecular formula is C25H28O3. The van der Waals surface area contributed by atoms with Gasteiger partial charge in [-0.3, -0.25) is 0 Å². The second-order valence-electron chi connectivity index (χ2n) is 6.93. The van der Waals surface area contributed by atoms with Crippen LogP contribution in [0.1, 0.15) is 42.9 Å². The number of aryl methyl sites for hydroxylation is 1. The highest BCUT2D eigenvalue weighted by molar-refractivity contribution is 5.51. The fourth-order valence-corrected chi connectivity index (χ4v) is 3.06. The van der Waals surface area contributed by atoms with Crippen molar-refractivity contribution in [2.75, 3.05) is 0 Å². The minimum atomic E-state index is 0.221. The number of hydrogen-bond acceptors (Lipinski definition) is 3. The van der Waals surface area contributed by atoms with Crippen LogP contribution in [0, 0.1) is 0 Å². The summed E-state index contributed by atoms with van der Waals surface area (Å²) in [5.41, 5.74) is 3.04. The molecule has 0 saturated carbocycles. The summed E-state index contributed by atoms with van der Waals surface area (Å²) < 4.78 is 11.9. The molecule has 0 aromatic heterocycles. The van der Waals surface area contributed by atoms with E-state index in [0.717, 1.165) is 48.1 Å². The lowest BCUT2D eigenvalue weighted by Gasteiger charge is -2.15. The lowest BCUT2D eigenvalue weighted by atomic mass is 10.1. The summed E-state index contributed by atoms with van der Waals surface area (Å²) in [6.45, 7) is 3.07. The number of unbranched alkanes of at least 4 members (excludes halogenated alkanes) is 2. The average molecular weight is 376 g/mol. The average Bonchev–Trinajstić information content (AvgIpc) is 2.74. The normalized spacial score (nSPS) is 10.6. The third kappa shape index (κ3) is 5.78. The molecular weight excluding hydrogens is 348 g/mol. The first kappa shape index (κ1) is 19.8. The van der Waals surface area contributed by atoms with Gasteiger partial charge >= 0.3 is 0 Å². The van der Waals surface area contributed by atoms with E-state index in [4.69, 9.17) is 9.47 Å². The van der Waals surface area contributed by atoms with E-state index in [0.29, 0.717) is 19.0 Å². The Balaban J connectivity index is 1.76. The quantitative estimate of drug-likeness (QED) is 0.423. The summed E-state index contributed by atoms with van der Waals surface area (Å²) in [6.07, 6.45) is 4.12. The number of benzene rings is 3. The number of rotatable bonds is 10. The van der Waals surface area contributed by atoms with E-state index in [1.54, 1.807) is 6.07 Å². The first-order valence-corrected chi connectivity index (χ1v) is 9.95. The predicted molar refractivity (Wildman–Crippen MR) is 113 cm³/mol. The number of hydrogen-bond donors (Lipinski definition) is 1. The smallest absolute Gasteiger partial charge is 0.165 e. The molecule has 0 saturated heterocycles. The Morgan fingerprint density at radius 3 is 1.96 bits per heavy atom. The number of ether oxygens (including phenoxy) is 2. The van der Waals surface area contributed by atoms with Crippen LogP contribution in [0.4, 0.5) is 0 Å². The van der Waals surface area contributed by atoms with Gasteiger partial charge in [0, 0.05) is 11.6 Å². The summed E-state index contributed by atoms with van der Waals surface area (Å²) in [6, 6.07) is 23.7. The van der Waals surface area contributed by atoms with E-state index in [9.17, 15) is 5.11 Å². The molecule has 0 aliphatic carbocycles. The number of aromatic hydroxyl groups is 1. The third-order valence-electron chi connectivity index (χ3n) is 4.66. The van der Waals surface area contributed by atoms with Gasteiger partial charge in [0.05, 0.1) is 0 Å². The van der Waals surface area contributed by atoms with Gasteiger partial charge in [-0.05, 0) is 30.0 Å². The van der Waals surface area contributed by atoms with Crippen molar-refractivity contribution < 1.29 is 14.6 Å². The Hall–Kier alpha value is -2.94. The summed E-state index contributed by atoms with van der Waals surface area (Å²) >= 11 is 0. The topological polar surface area (TPSA) is 38.7 Å². The monoisotopic (exact) mass is 376 g/mol. The first-order valence-electron chi connectivity index (χ1n) is 9.95. The van der Waals surface area contributed by atoms with Gasteiger partial charge in [0.25, 0.3) is 0 Å². The minimum absolute atomic E-state index is 0.221. The Morgan fingerprint density at radius 1 is 0.750 bits per heavy atom. The molecule has 0 bridgehead atoms. The van der Waals surface area contributed by atoms with Crippen molar-refractivity contribution in [3.63, 3.8) is 0 Å². The van der Waals surface area contributed by atoms with Crippen LogP contribution in [-0.4, -0.2) is 5.11 Å². The Labute approximate surface area is 167 Å². The van der Waals surface area contributed by atoms with Crippen LogP contribution in [0.5, 0.6) is 17.2 Å². The maximum Gasteiger partial charge on any atom is 0.165 e. The molecule has 0 amide bonds. The summed E-state index contributed by atoms with van der Waals surface area (Å²) in [4.78, 5) is 0. The highest BCUT2D eigenvalue weighted by atomic mass is 16.5. The van der Waals surface area contributed by atoms with E-state index >= 15 is 0 Å². The minimum Gasteiger partial charge on any atom is -0.504 e. The zero-order chi connectivity index (χ0) is 19.6. The fraction of sp³-hybridized carbons (Fsp3) is 0.280. The SMILES string of the molecule is CCCCCc1cc(OCc2ccccc2)cc(OCc2ccccc2)c1O. The van der Waals surface area contributed by atoms with Crippen LogP contribution in [0.3, 0.4) is 0 Å². The zero-order valence-corrected chi connectivity index (χ0v) is 16.4. The molecule has 0 unspecified atom stereocenters. The van der Waals surface area contributed by atoms with Gasteiger partial charge < -0.3 is 14.6 Å². The molecule has 0 aliphatic rings. The maximum atomic E-state index is 10.7. The molecule has 146 valence electrons. The second-order valence-corrected chi connectivity index (χ2v) is 6.93. The largest absolute Gasteiger partial charge is 0.504 e. The van der Waals surface area contributed by atoms with Gasteiger partial charge in [0.2, 0.25) is 0 Å². The molecule has 0 spiro atoms. The highest BCUT2D eigenvalue weighted by Crippen LogP contribution is 2.36. The van der Waals surface area contributed by atoms with Crippen LogP contribution >= 0.6 is 0 Å². The molecule has 28 heavy (non-hydrogen) atoms. The molecule has 0 atom stereocenters. The van der Waals surface area contributed by atoms with Crippen molar-refractivity contribution in [3.8, 4) is 17.2 Å². The predicted octanol–water partition coefficient (Wildman–Crippen LogP) is 6.28. The van der Waals surface area contributed by atoms with Crippen molar-refractivity contribution >= 4 is 0 Å². The number of phenols is 1. The molecule has 0 heterocycles. The second kappa shape index (κ2) is 10.4. The van der Waals surface area contributed by atoms with Crippen molar-refractivity contribution in [2.45, 2.75) is 45.8 Å². The van der Waals surface area contributed by atoms with Crippen molar-refractivity contribution in [1.82, 2.24) is 0 Å². The van der Waals surface area contributed by atoms with Gasteiger partial charge in [-0.1, -0.05) is 80.4 Å². The van der Waals surface area contributed by atoms with Gasteiger partial charge in [-0.2, -0.15) is 0 Å². The first-order chi connectivity index (χ1) is 13.8. The summed E-state index contributed by atoms with van der Waals surface area (Å²) in [5, 5.41) is 10.7. The van der Waals surface area contributed by atoms with Crippen LogP contribution in [0.25, 0.3) is 0 Å². The van der Waals surface area contributed by atoms with Crippen molar-refractivity contribution in [1.29, 1.82) is 0 Å². The molecule has 3 nitrogen and oxygen atoms in total. The number of phenolic OH excluding ortho intramolecular Hbond substituents is 1. The molecule has 0 aliphatic heterocycles. The summed E-state index contributed by atoms with van der Waals surface area (Å²) in [5.74, 6) is 1.41. The maximum absolute atomic E-state index is 10.7. The van der Waals surface area contributed by atoms with E-state index in [1.807, 2.05) is 66.7 Å². The van der Waals surface area contributed by atoms with Crippen LogP contribution in [-0.2, 0) is 19.6 Å². The summed E-state index contributed by atoms with van der Waals surface area (Å²) in [7, 11) is 0. The van der Waals surface area contributed by atoms with Crippen molar-refractivity contribution in [3.05, 3.63) is 89.5 Å². The lowest BCUT2D eigenvalue weighted by molar-refractivity contribution is 0.276. The van der Waals surface area contributed by atoms with Gasteiger partial charge in [0.1, 0.15) is 19.0 Å². The van der Waals surface area contributed by atoms with Crippen LogP contribution < -0.4 is 9.47 Å². The molecule has 3 heteroatoms. The Kier molecular flexibility index (Phi) is 7.36. The van der Waals surface area contributed by atoms with E-state index in [1.165, 1.54) is 0 Å². The van der Waals surface area contributed by atoms with E-state index in [-0.39, 0.29) is 5.75 Å². The van der Waals surface area contributed by atoms with Gasteiger partial charge in [-0.15, -0.1) is 0 Å².